The lowest BCUT2D eigenvalue weighted by molar-refractivity contribution is -0.137. The Balaban J connectivity index is 0.00000255. The Hall–Kier alpha value is -4.43. The van der Waals surface area contributed by atoms with Crippen molar-refractivity contribution in [1.82, 2.24) is 19.4 Å². The largest absolute Gasteiger partial charge is 0.416 e. The molecule has 258 valence electrons. The van der Waals surface area contributed by atoms with Crippen LogP contribution in [0.3, 0.4) is 0 Å². The molecular formula is C33H39ClF3N7O4. The molecule has 4 heterocycles. The quantitative estimate of drug-likeness (QED) is 0.332. The van der Waals surface area contributed by atoms with Gasteiger partial charge in [-0.15, -0.1) is 0 Å². The number of hydrogen-bond donors (Lipinski definition) is 1. The summed E-state index contributed by atoms with van der Waals surface area (Å²) in [5, 5.41) is 10.2. The number of benzene rings is 1. The van der Waals surface area contributed by atoms with E-state index < -0.39 is 35.6 Å². The van der Waals surface area contributed by atoms with Crippen molar-refractivity contribution in [3.8, 4) is 0 Å². The third kappa shape index (κ3) is 7.34. The van der Waals surface area contributed by atoms with Gasteiger partial charge in [0.05, 0.1) is 53.4 Å². The number of hydrogen-bond acceptors (Lipinski definition) is 7. The first-order valence-electron chi connectivity index (χ1n) is 15.5. The molecule has 2 aliphatic rings. The summed E-state index contributed by atoms with van der Waals surface area (Å²) in [6.45, 7) is 9.53. The number of aromatic nitrogens is 3. The Morgan fingerprint density at radius 3 is 2.54 bits per heavy atom. The number of carbonyl (C=O) groups excluding carboxylic acids is 3. The van der Waals surface area contributed by atoms with E-state index in [2.05, 4.69) is 11.6 Å². The molecule has 0 bridgehead atoms. The number of aliphatic hydroxyl groups excluding tert-OH is 1. The van der Waals surface area contributed by atoms with Crippen molar-refractivity contribution in [3.63, 3.8) is 0 Å². The number of pyridine rings is 1. The summed E-state index contributed by atoms with van der Waals surface area (Å²) < 4.78 is 42.6. The Labute approximate surface area is 282 Å². The number of rotatable bonds is 8. The van der Waals surface area contributed by atoms with Gasteiger partial charge in [-0.3, -0.25) is 19.3 Å². The summed E-state index contributed by atoms with van der Waals surface area (Å²) in [6, 6.07) is 5.19. The smallest absolute Gasteiger partial charge is 0.394 e. The van der Waals surface area contributed by atoms with E-state index in [1.54, 1.807) is 30.1 Å². The zero-order valence-corrected chi connectivity index (χ0v) is 28.2. The molecule has 0 radical (unpaired) electrons. The van der Waals surface area contributed by atoms with Gasteiger partial charge < -0.3 is 24.4 Å². The van der Waals surface area contributed by atoms with Crippen LogP contribution >= 0.6 is 11.6 Å². The number of amides is 3. The molecule has 1 saturated heterocycles. The molecule has 0 spiro atoms. The minimum absolute atomic E-state index is 0.0263. The summed E-state index contributed by atoms with van der Waals surface area (Å²) in [5.74, 6) is -0.909. The first-order chi connectivity index (χ1) is 22.7. The van der Waals surface area contributed by atoms with E-state index in [0.717, 1.165) is 17.0 Å². The summed E-state index contributed by atoms with van der Waals surface area (Å²) >= 11 is 6.67. The number of alkyl halides is 3. The molecule has 2 aliphatic heterocycles. The molecule has 0 aliphatic carbocycles. The van der Waals surface area contributed by atoms with Gasteiger partial charge in [0.25, 0.3) is 0 Å². The van der Waals surface area contributed by atoms with Crippen LogP contribution in [0.4, 0.5) is 30.4 Å². The molecule has 48 heavy (non-hydrogen) atoms. The lowest BCUT2D eigenvalue weighted by Gasteiger charge is -2.34. The van der Waals surface area contributed by atoms with Crippen LogP contribution in [-0.2, 0) is 40.2 Å². The van der Waals surface area contributed by atoms with Gasteiger partial charge in [-0.1, -0.05) is 38.1 Å². The lowest BCUT2D eigenvalue weighted by Crippen LogP contribution is -2.47. The van der Waals surface area contributed by atoms with Crippen LogP contribution in [0.25, 0.3) is 0 Å². The average molecular weight is 690 g/mol. The van der Waals surface area contributed by atoms with Crippen LogP contribution in [0.2, 0.25) is 5.02 Å². The SMILES string of the molecule is C=CC(=O)N1Cc2nc(CN(C)c3c(Cl)cccc3N(C)C(=O)[C@@H]3CCC(=O)N3c3cc(C(F)(F)F)cc(C)n3)cn2CC1CO.CC. The van der Waals surface area contributed by atoms with Gasteiger partial charge in [0.15, 0.2) is 0 Å². The van der Waals surface area contributed by atoms with E-state index in [1.165, 1.54) is 29.8 Å². The van der Waals surface area contributed by atoms with E-state index >= 15 is 0 Å². The van der Waals surface area contributed by atoms with Gasteiger partial charge in [-0.2, -0.15) is 13.2 Å². The number of imidazole rings is 1. The Morgan fingerprint density at radius 1 is 1.19 bits per heavy atom. The van der Waals surface area contributed by atoms with E-state index in [0.29, 0.717) is 34.5 Å². The number of fused-ring (bicyclic) bond motifs is 1. The van der Waals surface area contributed by atoms with Crippen LogP contribution in [0.5, 0.6) is 0 Å². The second kappa shape index (κ2) is 14.8. The Morgan fingerprint density at radius 2 is 1.90 bits per heavy atom. The molecular weight excluding hydrogens is 651 g/mol. The highest BCUT2D eigenvalue weighted by molar-refractivity contribution is 6.34. The fourth-order valence-electron chi connectivity index (χ4n) is 5.97. The van der Waals surface area contributed by atoms with Gasteiger partial charge in [-0.05, 0) is 43.7 Å². The second-order valence-electron chi connectivity index (χ2n) is 11.3. The maximum Gasteiger partial charge on any atom is 0.416 e. The highest BCUT2D eigenvalue weighted by atomic mass is 35.5. The molecule has 1 aromatic carbocycles. The van der Waals surface area contributed by atoms with Crippen molar-refractivity contribution in [2.45, 2.75) is 71.5 Å². The number of para-hydroxylation sites is 1. The van der Waals surface area contributed by atoms with Crippen LogP contribution in [0, 0.1) is 6.92 Å². The predicted molar refractivity (Wildman–Crippen MR) is 177 cm³/mol. The highest BCUT2D eigenvalue weighted by Crippen LogP contribution is 2.38. The van der Waals surface area contributed by atoms with Crippen molar-refractivity contribution < 1.29 is 32.7 Å². The molecule has 1 unspecified atom stereocenters. The van der Waals surface area contributed by atoms with Gasteiger partial charge in [-0.25, -0.2) is 9.97 Å². The van der Waals surface area contributed by atoms with Crippen molar-refractivity contribution in [2.24, 2.45) is 0 Å². The van der Waals surface area contributed by atoms with Gasteiger partial charge in [0, 0.05) is 39.0 Å². The first-order valence-corrected chi connectivity index (χ1v) is 15.8. The van der Waals surface area contributed by atoms with Gasteiger partial charge >= 0.3 is 6.18 Å². The molecule has 2 atom stereocenters. The third-order valence-electron chi connectivity index (χ3n) is 8.19. The van der Waals surface area contributed by atoms with E-state index in [9.17, 15) is 32.7 Å². The monoisotopic (exact) mass is 689 g/mol. The van der Waals surface area contributed by atoms with Crippen LogP contribution in [0.15, 0.2) is 49.2 Å². The van der Waals surface area contributed by atoms with Crippen molar-refractivity contribution in [1.29, 1.82) is 0 Å². The minimum atomic E-state index is -4.65. The van der Waals surface area contributed by atoms with E-state index in [1.807, 2.05) is 24.6 Å². The summed E-state index contributed by atoms with van der Waals surface area (Å²) in [5.41, 5.74) is 0.670. The Bertz CT molecular complexity index is 1700. The number of aliphatic hydroxyl groups is 1. The predicted octanol–water partition coefficient (Wildman–Crippen LogP) is 4.97. The molecule has 3 amide bonds. The molecule has 3 aromatic rings. The zero-order chi connectivity index (χ0) is 35.5. The average Bonchev–Trinajstić information content (AvgIpc) is 3.64. The number of carbonyl (C=O) groups is 3. The molecule has 2 aromatic heterocycles. The van der Waals surface area contributed by atoms with Crippen LogP contribution in [-0.4, -0.2) is 75.0 Å². The summed E-state index contributed by atoms with van der Waals surface area (Å²) in [7, 11) is 3.29. The molecule has 0 saturated carbocycles. The maximum atomic E-state index is 13.9. The van der Waals surface area contributed by atoms with E-state index in [-0.39, 0.29) is 50.0 Å². The number of likely N-dealkylation sites (N-methyl/N-ethyl adjacent to an activating group) is 1. The molecule has 11 nitrogen and oxygen atoms in total. The standard InChI is InChI=1S/C31H33ClF3N7O4.C2H6/c1-5-27(44)41-16-26-37-20(14-40(26)15-21(41)17-43)13-38(3)29-22(32)7-6-8-23(29)39(4)30(46)24-9-10-28(45)42(24)25-12-19(31(33,34)35)11-18(2)36-25;1-2/h5-8,11-12,14,21,24,43H,1,9-10,13,15-17H2,2-4H3;1-2H3/t21?,24-;/m0./s1. The highest BCUT2D eigenvalue weighted by Gasteiger charge is 2.41. The first kappa shape index (κ1) is 36.4. The zero-order valence-electron chi connectivity index (χ0n) is 27.5. The second-order valence-corrected chi connectivity index (χ2v) is 11.7. The van der Waals surface area contributed by atoms with Gasteiger partial charge in [0.1, 0.15) is 17.7 Å². The number of aryl methyl sites for hydroxylation is 1. The summed E-state index contributed by atoms with van der Waals surface area (Å²) in [4.78, 5) is 53.7. The third-order valence-corrected chi connectivity index (χ3v) is 8.49. The normalized spacial score (nSPS) is 17.4. The van der Waals surface area contributed by atoms with Crippen molar-refractivity contribution in [2.75, 3.05) is 35.4 Å². The molecule has 1 N–H and O–H groups in total. The van der Waals surface area contributed by atoms with Gasteiger partial charge in [0.2, 0.25) is 17.7 Å². The Kier molecular flexibility index (Phi) is 11.2. The summed E-state index contributed by atoms with van der Waals surface area (Å²) in [6.07, 6.45) is -1.54. The molecule has 15 heteroatoms. The maximum absolute atomic E-state index is 13.9. The topological polar surface area (TPSA) is 115 Å². The van der Waals surface area contributed by atoms with Crippen LogP contribution in [0.1, 0.15) is 49.5 Å². The minimum Gasteiger partial charge on any atom is -0.394 e. The molecule has 1 fully saturated rings. The fourth-order valence-corrected chi connectivity index (χ4v) is 6.29. The number of halogens is 4. The van der Waals surface area contributed by atoms with Crippen LogP contribution < -0.4 is 14.7 Å². The van der Waals surface area contributed by atoms with Crippen molar-refractivity contribution in [3.05, 3.63) is 77.0 Å². The van der Waals surface area contributed by atoms with E-state index in [4.69, 9.17) is 16.6 Å². The molecule has 5 rings (SSSR count). The van der Waals surface area contributed by atoms with Crippen molar-refractivity contribution >= 4 is 46.5 Å². The number of anilines is 3. The lowest BCUT2D eigenvalue weighted by atomic mass is 10.1. The fraction of sp³-hybridized carbons (Fsp3) is 0.424. The number of nitrogens with zero attached hydrogens (tertiary/aromatic N) is 7.